The number of hydrogen-bond donors (Lipinski definition) is 2. The van der Waals surface area contributed by atoms with Crippen LogP contribution in [0.4, 0.5) is 4.79 Å². The zero-order valence-electron chi connectivity index (χ0n) is 15.3. The van der Waals surface area contributed by atoms with Gasteiger partial charge in [0, 0.05) is 19.9 Å². The molecule has 2 N–H and O–H groups in total. The van der Waals surface area contributed by atoms with Crippen molar-refractivity contribution in [2.75, 3.05) is 7.05 Å². The van der Waals surface area contributed by atoms with Gasteiger partial charge in [-0.1, -0.05) is 43.7 Å². The molecule has 1 aromatic rings. The number of aliphatic carboxylic acids is 1. The number of benzene rings is 1. The number of carboxylic acids is 1. The van der Waals surface area contributed by atoms with Crippen LogP contribution in [0.25, 0.3) is 0 Å². The summed E-state index contributed by atoms with van der Waals surface area (Å²) in [5, 5.41) is 17.6. The van der Waals surface area contributed by atoms with Crippen molar-refractivity contribution in [3.8, 4) is 0 Å². The first-order valence-corrected chi connectivity index (χ1v) is 8.48. The third kappa shape index (κ3) is 7.06. The van der Waals surface area contributed by atoms with Gasteiger partial charge in [-0.15, -0.1) is 0 Å². The lowest BCUT2D eigenvalue weighted by Crippen LogP contribution is -2.42. The Bertz CT molecular complexity index is 647. The molecule has 148 valence electrons. The molecule has 1 saturated heterocycles. The number of hydrogen-bond acceptors (Lipinski definition) is 6. The third-order valence-corrected chi connectivity index (χ3v) is 3.83. The Labute approximate surface area is 157 Å². The van der Waals surface area contributed by atoms with E-state index in [1.54, 1.807) is 0 Å². The minimum atomic E-state index is -1.01. The molecule has 1 atom stereocenters. The molecule has 27 heavy (non-hydrogen) atoms. The Hall–Kier alpha value is -2.94. The minimum absolute atomic E-state index is 0.141. The highest BCUT2D eigenvalue weighted by molar-refractivity contribution is 6.00. The van der Waals surface area contributed by atoms with E-state index in [0.717, 1.165) is 10.5 Å². The van der Waals surface area contributed by atoms with Crippen LogP contribution in [0.1, 0.15) is 38.2 Å². The molecule has 9 nitrogen and oxygen atoms in total. The van der Waals surface area contributed by atoms with E-state index >= 15 is 0 Å². The van der Waals surface area contributed by atoms with Gasteiger partial charge in [-0.05, 0) is 12.0 Å². The van der Waals surface area contributed by atoms with E-state index in [2.05, 4.69) is 0 Å². The number of carbonyl (C=O) groups excluding carboxylic acids is 3. The number of hydroxylamine groups is 2. The number of carbonyl (C=O) groups is 4. The quantitative estimate of drug-likeness (QED) is 0.571. The van der Waals surface area contributed by atoms with Gasteiger partial charge in [0.2, 0.25) is 0 Å². The van der Waals surface area contributed by atoms with Crippen LogP contribution < -0.4 is 0 Å². The zero-order chi connectivity index (χ0) is 20.4. The molecule has 0 bridgehead atoms. The number of nitrogens with zero attached hydrogens (tertiary/aromatic N) is 2. The molecule has 0 aromatic heterocycles. The lowest BCUT2D eigenvalue weighted by atomic mass is 10.1. The predicted molar refractivity (Wildman–Crippen MR) is 93.6 cm³/mol. The molecule has 2 rings (SSSR count). The average molecular weight is 380 g/mol. The van der Waals surface area contributed by atoms with E-state index in [0.29, 0.717) is 12.8 Å². The van der Waals surface area contributed by atoms with Crippen molar-refractivity contribution in [1.29, 1.82) is 0 Å². The highest BCUT2D eigenvalue weighted by atomic mass is 16.6. The van der Waals surface area contributed by atoms with E-state index in [1.165, 1.54) is 7.05 Å². The third-order valence-electron chi connectivity index (χ3n) is 3.83. The second-order valence-corrected chi connectivity index (χ2v) is 5.89. The summed E-state index contributed by atoms with van der Waals surface area (Å²) < 4.78 is 5.09. The highest BCUT2D eigenvalue weighted by Crippen LogP contribution is 2.09. The summed E-state index contributed by atoms with van der Waals surface area (Å²) in [5.74, 6) is -2.02. The maximum Gasteiger partial charge on any atom is 0.410 e. The van der Waals surface area contributed by atoms with Crippen LogP contribution in [0.3, 0.4) is 0 Å². The van der Waals surface area contributed by atoms with E-state index in [9.17, 15) is 19.2 Å². The molecule has 0 unspecified atom stereocenters. The van der Waals surface area contributed by atoms with Crippen LogP contribution >= 0.6 is 0 Å². The number of ether oxygens (including phenoxy) is 1. The maximum atomic E-state index is 11.8. The van der Waals surface area contributed by atoms with Crippen LogP contribution in [0.15, 0.2) is 30.3 Å². The fourth-order valence-electron chi connectivity index (χ4n) is 2.27. The molecule has 3 amide bonds. The first-order valence-electron chi connectivity index (χ1n) is 8.48. The van der Waals surface area contributed by atoms with E-state index in [4.69, 9.17) is 15.1 Å². The molecule has 1 heterocycles. The van der Waals surface area contributed by atoms with Crippen molar-refractivity contribution in [3.63, 3.8) is 0 Å². The molecule has 9 heteroatoms. The second-order valence-electron chi connectivity index (χ2n) is 5.89. The number of likely N-dealkylation sites (N-methyl/N-ethyl adjacent to an activating group) is 1. The summed E-state index contributed by atoms with van der Waals surface area (Å²) in [6.45, 7) is 2.02. The molecule has 1 fully saturated rings. The molecule has 0 radical (unpaired) electrons. The average Bonchev–Trinajstić information content (AvgIpc) is 2.95. The van der Waals surface area contributed by atoms with E-state index in [-0.39, 0.29) is 24.5 Å². The Morgan fingerprint density at radius 2 is 1.74 bits per heavy atom. The summed E-state index contributed by atoms with van der Waals surface area (Å²) in [7, 11) is 1.45. The van der Waals surface area contributed by atoms with Gasteiger partial charge in [-0.3, -0.25) is 19.7 Å². The van der Waals surface area contributed by atoms with Gasteiger partial charge >= 0.3 is 12.1 Å². The largest absolute Gasteiger partial charge is 0.480 e. The van der Waals surface area contributed by atoms with Crippen molar-refractivity contribution >= 4 is 23.9 Å². The molecular formula is C18H24N2O7. The number of amides is 3. The van der Waals surface area contributed by atoms with Gasteiger partial charge in [-0.2, -0.15) is 5.06 Å². The Balaban J connectivity index is 0.000000377. The van der Waals surface area contributed by atoms with Gasteiger partial charge in [0.1, 0.15) is 12.6 Å². The summed E-state index contributed by atoms with van der Waals surface area (Å²) in [6, 6.07) is 8.42. The van der Waals surface area contributed by atoms with Gasteiger partial charge in [0.25, 0.3) is 11.8 Å². The highest BCUT2D eigenvalue weighted by Gasteiger charge is 2.27. The standard InChI is InChI=1S/C14H19NO4.C4H5NO3/c1-3-7-12(13(16)17)15(2)14(18)19-10-11-8-5-4-6-9-11;6-3-1-2-4(7)5(3)8/h4-6,8-9,12H,3,7,10H2,1-2H3,(H,16,17);8H,1-2H2/t12-;/m0./s1. The van der Waals surface area contributed by atoms with Gasteiger partial charge in [-0.25, -0.2) is 9.59 Å². The van der Waals surface area contributed by atoms with Gasteiger partial charge < -0.3 is 9.84 Å². The smallest absolute Gasteiger partial charge is 0.410 e. The molecule has 1 aliphatic heterocycles. The summed E-state index contributed by atoms with van der Waals surface area (Å²) >= 11 is 0. The van der Waals surface area contributed by atoms with Crippen molar-refractivity contribution in [2.45, 2.75) is 45.3 Å². The van der Waals surface area contributed by atoms with Crippen LogP contribution in [0.2, 0.25) is 0 Å². The van der Waals surface area contributed by atoms with Crippen LogP contribution in [0.5, 0.6) is 0 Å². The first-order chi connectivity index (χ1) is 12.8. The molecular weight excluding hydrogens is 356 g/mol. The molecule has 1 aromatic carbocycles. The first kappa shape index (κ1) is 22.1. The Morgan fingerprint density at radius 3 is 2.15 bits per heavy atom. The number of carboxylic acid groups (broad SMARTS) is 1. The summed E-state index contributed by atoms with van der Waals surface area (Å²) in [6.07, 6.45) is 0.772. The van der Waals surface area contributed by atoms with Crippen molar-refractivity contribution in [1.82, 2.24) is 9.96 Å². The molecule has 0 aliphatic carbocycles. The van der Waals surface area contributed by atoms with Crippen LogP contribution in [-0.4, -0.2) is 57.2 Å². The predicted octanol–water partition coefficient (Wildman–Crippen LogP) is 2.03. The summed E-state index contributed by atoms with van der Waals surface area (Å²) in [4.78, 5) is 44.5. The van der Waals surface area contributed by atoms with Crippen molar-refractivity contribution < 1.29 is 34.2 Å². The SMILES string of the molecule is CCC[C@@H](C(=O)O)N(C)C(=O)OCc1ccccc1.O=C1CCC(=O)N1O. The molecule has 0 spiro atoms. The molecule has 0 saturated carbocycles. The lowest BCUT2D eigenvalue weighted by molar-refractivity contribution is -0.171. The second kappa shape index (κ2) is 10.9. The summed E-state index contributed by atoms with van der Waals surface area (Å²) in [5.41, 5.74) is 0.867. The van der Waals surface area contributed by atoms with Gasteiger partial charge in [0.05, 0.1) is 0 Å². The number of imide groups is 1. The van der Waals surface area contributed by atoms with Crippen molar-refractivity contribution in [3.05, 3.63) is 35.9 Å². The number of rotatable bonds is 6. The minimum Gasteiger partial charge on any atom is -0.480 e. The molecule has 1 aliphatic rings. The normalized spacial score (nSPS) is 14.3. The monoisotopic (exact) mass is 380 g/mol. The van der Waals surface area contributed by atoms with Crippen LogP contribution in [-0.2, 0) is 25.7 Å². The Kier molecular flexibility index (Phi) is 8.94. The zero-order valence-corrected chi connectivity index (χ0v) is 15.3. The fourth-order valence-corrected chi connectivity index (χ4v) is 2.27. The maximum absolute atomic E-state index is 11.8. The van der Waals surface area contributed by atoms with Crippen molar-refractivity contribution in [2.24, 2.45) is 0 Å². The van der Waals surface area contributed by atoms with E-state index < -0.39 is 29.9 Å². The fraction of sp³-hybridized carbons (Fsp3) is 0.444. The topological polar surface area (TPSA) is 124 Å². The lowest BCUT2D eigenvalue weighted by Gasteiger charge is -2.23. The van der Waals surface area contributed by atoms with Crippen LogP contribution in [0, 0.1) is 0 Å². The Morgan fingerprint density at radius 1 is 1.19 bits per heavy atom. The van der Waals surface area contributed by atoms with E-state index in [1.807, 2.05) is 37.3 Å². The van der Waals surface area contributed by atoms with Gasteiger partial charge in [0.15, 0.2) is 0 Å².